The highest BCUT2D eigenvalue weighted by Crippen LogP contribution is 2.24. The Bertz CT molecular complexity index is 1090. The summed E-state index contributed by atoms with van der Waals surface area (Å²) in [6.07, 6.45) is 1.36. The lowest BCUT2D eigenvalue weighted by molar-refractivity contribution is 0.0698. The van der Waals surface area contributed by atoms with Crippen molar-refractivity contribution in [2.45, 2.75) is 18.9 Å². The minimum Gasteiger partial charge on any atom is -0.497 e. The second-order valence-corrected chi connectivity index (χ2v) is 7.86. The maximum absolute atomic E-state index is 13.0. The number of halogens is 1. The van der Waals surface area contributed by atoms with E-state index in [2.05, 4.69) is 5.32 Å². The van der Waals surface area contributed by atoms with Gasteiger partial charge in [-0.15, -0.1) is 0 Å². The van der Waals surface area contributed by atoms with Crippen LogP contribution in [0.5, 0.6) is 5.75 Å². The van der Waals surface area contributed by atoms with Crippen LogP contribution in [0.1, 0.15) is 33.6 Å². The van der Waals surface area contributed by atoms with E-state index in [1.807, 2.05) is 53.4 Å². The molecule has 3 aromatic rings. The molecule has 0 bridgehead atoms. The molecule has 32 heavy (non-hydrogen) atoms. The van der Waals surface area contributed by atoms with E-state index in [0.29, 0.717) is 37.1 Å². The smallest absolute Gasteiger partial charge is 0.253 e. The first-order valence-corrected chi connectivity index (χ1v) is 10.6. The minimum absolute atomic E-state index is 0.00737. The van der Waals surface area contributed by atoms with Gasteiger partial charge in [-0.05, 0) is 72.5 Å². The number of carbonyl (C=O) groups excluding carboxylic acids is 2. The van der Waals surface area contributed by atoms with Gasteiger partial charge in [-0.2, -0.15) is 0 Å². The molecular weight excluding hydrogens is 407 g/mol. The van der Waals surface area contributed by atoms with Crippen LogP contribution in [0.2, 0.25) is 0 Å². The molecule has 3 aromatic carbocycles. The van der Waals surface area contributed by atoms with Gasteiger partial charge in [0.2, 0.25) is 0 Å². The van der Waals surface area contributed by atoms with E-state index in [9.17, 15) is 14.0 Å². The molecule has 0 unspecified atom stereocenters. The molecule has 1 aliphatic heterocycles. The highest BCUT2D eigenvalue weighted by molar-refractivity contribution is 5.95. The van der Waals surface area contributed by atoms with E-state index < -0.39 is 0 Å². The number of nitrogens with zero attached hydrogens (tertiary/aromatic N) is 1. The predicted molar refractivity (Wildman–Crippen MR) is 121 cm³/mol. The van der Waals surface area contributed by atoms with Crippen LogP contribution < -0.4 is 10.1 Å². The van der Waals surface area contributed by atoms with E-state index in [1.165, 1.54) is 24.3 Å². The standard InChI is InChI=1S/C26H25FN2O3/c1-32-24-4-2-3-21(17-24)18-5-7-20(8-6-18)26(31)29-15-13-23(14-16-29)28-25(30)19-9-11-22(27)12-10-19/h2-12,17,23H,13-16H2,1H3,(H,28,30). The normalized spacial score (nSPS) is 14.1. The molecule has 1 heterocycles. The van der Waals surface area contributed by atoms with Gasteiger partial charge >= 0.3 is 0 Å². The summed E-state index contributed by atoms with van der Waals surface area (Å²) in [4.78, 5) is 27.1. The molecule has 0 aromatic heterocycles. The van der Waals surface area contributed by atoms with Gasteiger partial charge in [0.25, 0.3) is 11.8 Å². The number of hydrogen-bond donors (Lipinski definition) is 1. The van der Waals surface area contributed by atoms with Crippen molar-refractivity contribution in [3.05, 3.63) is 89.7 Å². The van der Waals surface area contributed by atoms with Crippen molar-refractivity contribution in [1.82, 2.24) is 10.2 Å². The molecule has 1 N–H and O–H groups in total. The zero-order chi connectivity index (χ0) is 22.5. The summed E-state index contributed by atoms with van der Waals surface area (Å²) < 4.78 is 18.3. The molecule has 0 spiro atoms. The Morgan fingerprint density at radius 1 is 0.906 bits per heavy atom. The molecule has 1 saturated heterocycles. The van der Waals surface area contributed by atoms with Crippen LogP contribution >= 0.6 is 0 Å². The maximum atomic E-state index is 13.0. The van der Waals surface area contributed by atoms with Gasteiger partial charge in [-0.1, -0.05) is 24.3 Å². The summed E-state index contributed by atoms with van der Waals surface area (Å²) in [5, 5.41) is 2.98. The highest BCUT2D eigenvalue weighted by atomic mass is 19.1. The predicted octanol–water partition coefficient (Wildman–Crippen LogP) is 4.54. The Labute approximate surface area is 186 Å². The van der Waals surface area contributed by atoms with E-state index in [-0.39, 0.29) is 23.7 Å². The van der Waals surface area contributed by atoms with Crippen molar-refractivity contribution in [3.63, 3.8) is 0 Å². The summed E-state index contributed by atoms with van der Waals surface area (Å²) in [5.41, 5.74) is 3.12. The van der Waals surface area contributed by atoms with Crippen molar-refractivity contribution in [3.8, 4) is 16.9 Å². The molecule has 0 atom stereocenters. The lowest BCUT2D eigenvalue weighted by Crippen LogP contribution is -2.46. The number of hydrogen-bond acceptors (Lipinski definition) is 3. The highest BCUT2D eigenvalue weighted by Gasteiger charge is 2.25. The van der Waals surface area contributed by atoms with Crippen molar-refractivity contribution >= 4 is 11.8 Å². The van der Waals surface area contributed by atoms with Gasteiger partial charge in [0.1, 0.15) is 11.6 Å². The van der Waals surface area contributed by atoms with Crippen molar-refractivity contribution in [1.29, 1.82) is 0 Å². The van der Waals surface area contributed by atoms with Crippen LogP contribution in [0.3, 0.4) is 0 Å². The molecule has 1 fully saturated rings. The fourth-order valence-corrected chi connectivity index (χ4v) is 3.89. The number of amides is 2. The minimum atomic E-state index is -0.370. The van der Waals surface area contributed by atoms with Crippen LogP contribution in [0.15, 0.2) is 72.8 Å². The van der Waals surface area contributed by atoms with Crippen LogP contribution in [0.4, 0.5) is 4.39 Å². The van der Waals surface area contributed by atoms with E-state index in [1.54, 1.807) is 7.11 Å². The van der Waals surface area contributed by atoms with Crippen LogP contribution in [-0.2, 0) is 0 Å². The molecule has 4 rings (SSSR count). The van der Waals surface area contributed by atoms with E-state index >= 15 is 0 Å². The number of benzene rings is 3. The zero-order valence-electron chi connectivity index (χ0n) is 17.9. The summed E-state index contributed by atoms with van der Waals surface area (Å²) in [6, 6.07) is 20.9. The number of nitrogens with one attached hydrogen (secondary N) is 1. The number of likely N-dealkylation sites (tertiary alicyclic amines) is 1. The van der Waals surface area contributed by atoms with Crippen molar-refractivity contribution in [2.24, 2.45) is 0 Å². The summed E-state index contributed by atoms with van der Waals surface area (Å²) in [5.74, 6) is 0.190. The van der Waals surface area contributed by atoms with Gasteiger partial charge in [0, 0.05) is 30.3 Å². The Kier molecular flexibility index (Phi) is 6.50. The number of methoxy groups -OCH3 is 1. The average Bonchev–Trinajstić information content (AvgIpc) is 2.84. The lowest BCUT2D eigenvalue weighted by atomic mass is 10.0. The maximum Gasteiger partial charge on any atom is 0.253 e. The Morgan fingerprint density at radius 2 is 1.56 bits per heavy atom. The second kappa shape index (κ2) is 9.64. The van der Waals surface area contributed by atoms with Gasteiger partial charge in [0.05, 0.1) is 7.11 Å². The monoisotopic (exact) mass is 432 g/mol. The average molecular weight is 432 g/mol. The number of carbonyl (C=O) groups is 2. The molecule has 0 radical (unpaired) electrons. The zero-order valence-corrected chi connectivity index (χ0v) is 17.9. The molecule has 5 nitrogen and oxygen atoms in total. The first-order valence-electron chi connectivity index (χ1n) is 10.6. The van der Waals surface area contributed by atoms with Crippen LogP contribution in [-0.4, -0.2) is 43.0 Å². The molecule has 1 aliphatic rings. The SMILES string of the molecule is COc1cccc(-c2ccc(C(=O)N3CCC(NC(=O)c4ccc(F)cc4)CC3)cc2)c1. The molecule has 0 saturated carbocycles. The molecule has 164 valence electrons. The van der Waals surface area contributed by atoms with Crippen LogP contribution in [0, 0.1) is 5.82 Å². The topological polar surface area (TPSA) is 58.6 Å². The summed E-state index contributed by atoms with van der Waals surface area (Å²) >= 11 is 0. The Balaban J connectivity index is 1.33. The molecule has 0 aliphatic carbocycles. The molecule has 6 heteroatoms. The summed E-state index contributed by atoms with van der Waals surface area (Å²) in [6.45, 7) is 1.15. The largest absolute Gasteiger partial charge is 0.497 e. The lowest BCUT2D eigenvalue weighted by Gasteiger charge is -2.32. The third-order valence-corrected chi connectivity index (χ3v) is 5.76. The van der Waals surface area contributed by atoms with Gasteiger partial charge in [-0.25, -0.2) is 4.39 Å². The van der Waals surface area contributed by atoms with Gasteiger partial charge < -0.3 is 15.0 Å². The fraction of sp³-hybridized carbons (Fsp3) is 0.231. The number of piperidine rings is 1. The van der Waals surface area contributed by atoms with Crippen molar-refractivity contribution in [2.75, 3.05) is 20.2 Å². The van der Waals surface area contributed by atoms with Gasteiger partial charge in [0.15, 0.2) is 0 Å². The third-order valence-electron chi connectivity index (χ3n) is 5.76. The Hall–Kier alpha value is -3.67. The fourth-order valence-electron chi connectivity index (χ4n) is 3.89. The van der Waals surface area contributed by atoms with E-state index in [4.69, 9.17) is 4.74 Å². The second-order valence-electron chi connectivity index (χ2n) is 7.86. The summed E-state index contributed by atoms with van der Waals surface area (Å²) in [7, 11) is 1.64. The molecule has 2 amide bonds. The quantitative estimate of drug-likeness (QED) is 0.644. The van der Waals surface area contributed by atoms with Crippen LogP contribution in [0.25, 0.3) is 11.1 Å². The third kappa shape index (κ3) is 4.97. The number of ether oxygens (including phenoxy) is 1. The first kappa shape index (κ1) is 21.6. The Morgan fingerprint density at radius 3 is 2.22 bits per heavy atom. The number of rotatable bonds is 5. The van der Waals surface area contributed by atoms with Crippen molar-refractivity contribution < 1.29 is 18.7 Å². The first-order chi connectivity index (χ1) is 15.5. The van der Waals surface area contributed by atoms with E-state index in [0.717, 1.165) is 16.9 Å². The van der Waals surface area contributed by atoms with Gasteiger partial charge in [-0.3, -0.25) is 9.59 Å². The molecular formula is C26H25FN2O3.